The van der Waals surface area contributed by atoms with E-state index in [9.17, 15) is 26.3 Å². The summed E-state index contributed by atoms with van der Waals surface area (Å²) in [6, 6.07) is 2.10. The van der Waals surface area contributed by atoms with Crippen LogP contribution in [-0.4, -0.2) is 11.6 Å². The van der Waals surface area contributed by atoms with Gasteiger partial charge in [-0.2, -0.15) is 26.3 Å². The summed E-state index contributed by atoms with van der Waals surface area (Å²) in [5, 5.41) is -0.181. The van der Waals surface area contributed by atoms with E-state index in [0.29, 0.717) is 3.39 Å². The largest absolute Gasteiger partial charge is 0.486 e. The van der Waals surface area contributed by atoms with Crippen LogP contribution in [-0.2, 0) is 12.4 Å². The van der Waals surface area contributed by atoms with Gasteiger partial charge in [-0.3, -0.25) is 0 Å². The van der Waals surface area contributed by atoms with Gasteiger partial charge < -0.3 is 9.47 Å². The predicted molar refractivity (Wildman–Crippen MR) is 102 cm³/mol. The third-order valence-corrected chi connectivity index (χ3v) is 4.34. The van der Waals surface area contributed by atoms with Crippen LogP contribution in [0, 0.1) is 0 Å². The second kappa shape index (κ2) is 9.32. The quantitative estimate of drug-likeness (QED) is 0.329. The lowest BCUT2D eigenvalue weighted by atomic mass is 10.2. The van der Waals surface area contributed by atoms with E-state index in [-0.39, 0.29) is 40.4 Å². The summed E-state index contributed by atoms with van der Waals surface area (Å²) in [4.78, 5) is 3.16. The molecule has 0 aliphatic heterocycles. The second-order valence-electron chi connectivity index (χ2n) is 5.20. The minimum Gasteiger partial charge on any atom is -0.486 e. The Balaban J connectivity index is 2.37. The number of hydrogen-bond acceptors (Lipinski definition) is 3. The lowest BCUT2D eigenvalue weighted by molar-refractivity contribution is -0.144. The molecule has 2 aromatic rings. The van der Waals surface area contributed by atoms with E-state index in [0.717, 1.165) is 12.1 Å². The number of aromatic nitrogens is 1. The highest BCUT2D eigenvalue weighted by molar-refractivity contribution is 9.28. The van der Waals surface area contributed by atoms with Crippen LogP contribution in [0.4, 0.5) is 26.3 Å². The molecule has 0 aliphatic rings. The summed E-state index contributed by atoms with van der Waals surface area (Å²) in [6.45, 7) is 0.0597. The minimum absolute atomic E-state index is 0.0367. The zero-order valence-corrected chi connectivity index (χ0v) is 18.3. The Hall–Kier alpha value is -1.17. The van der Waals surface area contributed by atoms with E-state index in [1.165, 1.54) is 0 Å². The molecule has 13 heteroatoms. The van der Waals surface area contributed by atoms with Crippen molar-refractivity contribution in [2.45, 2.75) is 12.4 Å². The molecule has 0 fully saturated rings. The molecule has 0 radical (unpaired) electrons. The van der Waals surface area contributed by atoms with Gasteiger partial charge in [-0.1, -0.05) is 23.2 Å². The number of benzene rings is 1. The van der Waals surface area contributed by atoms with Gasteiger partial charge >= 0.3 is 12.4 Å². The number of nitrogens with zero attached hydrogens (tertiary/aromatic N) is 1. The van der Waals surface area contributed by atoms with Crippen LogP contribution in [0.15, 0.2) is 33.9 Å². The van der Waals surface area contributed by atoms with Crippen molar-refractivity contribution >= 4 is 55.1 Å². The van der Waals surface area contributed by atoms with E-state index in [1.807, 2.05) is 0 Å². The molecule has 0 saturated carbocycles. The lowest BCUT2D eigenvalue weighted by Crippen LogP contribution is -2.13. The zero-order chi connectivity index (χ0) is 22.0. The van der Waals surface area contributed by atoms with Gasteiger partial charge in [0.25, 0.3) is 0 Å². The van der Waals surface area contributed by atoms with Gasteiger partial charge in [-0.05, 0) is 44.0 Å². The average Bonchev–Trinajstić information content (AvgIpc) is 2.55. The Bertz CT molecular complexity index is 908. The summed E-state index contributed by atoms with van der Waals surface area (Å²) >= 11 is 18.2. The Morgan fingerprint density at radius 2 is 1.59 bits per heavy atom. The van der Waals surface area contributed by atoms with Gasteiger partial charge in [0, 0.05) is 18.3 Å². The molecule has 0 bridgehead atoms. The smallest absolute Gasteiger partial charge is 0.421 e. The Morgan fingerprint density at radius 1 is 1.00 bits per heavy atom. The molecule has 1 aromatic carbocycles. The molecule has 2 rings (SSSR count). The van der Waals surface area contributed by atoms with E-state index in [2.05, 4.69) is 36.8 Å². The SMILES string of the molecule is FC(F)(F)c1cnc(Oc2cc(Cl)c(OCC=C(Br)Br)c(Cl)c2)c(C(F)(F)F)c1. The summed E-state index contributed by atoms with van der Waals surface area (Å²) in [5.74, 6) is -1.32. The first-order valence-corrected chi connectivity index (χ1v) is 9.58. The van der Waals surface area contributed by atoms with E-state index in [4.69, 9.17) is 32.7 Å². The van der Waals surface area contributed by atoms with E-state index >= 15 is 0 Å². The molecular formula is C16H7Br2Cl2F6NO2. The number of ether oxygens (including phenoxy) is 2. The molecule has 0 spiro atoms. The monoisotopic (exact) mass is 587 g/mol. The number of hydrogen-bond donors (Lipinski definition) is 0. The normalized spacial score (nSPS) is 11.9. The summed E-state index contributed by atoms with van der Waals surface area (Å²) < 4.78 is 88.6. The van der Waals surface area contributed by atoms with Gasteiger partial charge in [0.05, 0.1) is 19.0 Å². The number of pyridine rings is 1. The van der Waals surface area contributed by atoms with Crippen molar-refractivity contribution in [2.75, 3.05) is 6.61 Å². The molecule has 0 saturated heterocycles. The first kappa shape index (κ1) is 24.1. The van der Waals surface area contributed by atoms with Gasteiger partial charge in [0.1, 0.15) is 17.9 Å². The van der Waals surface area contributed by atoms with Crippen LogP contribution in [0.1, 0.15) is 11.1 Å². The third-order valence-electron chi connectivity index (χ3n) is 3.14. The standard InChI is InChI=1S/C16H7Br2Cl2F6NO2/c17-12(18)1-2-28-13-10(19)4-8(5-11(13)20)29-14-9(16(24,25)26)3-7(6-27-14)15(21,22)23/h1,3-6H,2H2. The van der Waals surface area contributed by atoms with Gasteiger partial charge in [0.15, 0.2) is 5.75 Å². The Morgan fingerprint density at radius 3 is 2.07 bits per heavy atom. The maximum atomic E-state index is 13.2. The fourth-order valence-electron chi connectivity index (χ4n) is 1.92. The third kappa shape index (κ3) is 6.66. The fourth-order valence-corrected chi connectivity index (χ4v) is 2.77. The maximum absolute atomic E-state index is 13.2. The zero-order valence-electron chi connectivity index (χ0n) is 13.6. The van der Waals surface area contributed by atoms with Crippen molar-refractivity contribution in [3.05, 3.63) is 55.0 Å². The van der Waals surface area contributed by atoms with Gasteiger partial charge in [0.2, 0.25) is 5.88 Å². The highest BCUT2D eigenvalue weighted by Gasteiger charge is 2.40. The summed E-state index contributed by atoms with van der Waals surface area (Å²) in [6.07, 6.45) is -8.33. The molecule has 158 valence electrons. The molecule has 0 unspecified atom stereocenters. The van der Waals surface area contributed by atoms with Crippen molar-refractivity contribution in [2.24, 2.45) is 0 Å². The van der Waals surface area contributed by atoms with Crippen LogP contribution in [0.3, 0.4) is 0 Å². The van der Waals surface area contributed by atoms with Crippen molar-refractivity contribution in [1.29, 1.82) is 0 Å². The van der Waals surface area contributed by atoms with E-state index in [1.54, 1.807) is 6.08 Å². The van der Waals surface area contributed by atoms with Crippen LogP contribution < -0.4 is 9.47 Å². The Kier molecular flexibility index (Phi) is 7.74. The number of rotatable bonds is 5. The summed E-state index contributed by atoms with van der Waals surface area (Å²) in [5.41, 5.74) is -3.27. The first-order valence-electron chi connectivity index (χ1n) is 7.24. The van der Waals surface area contributed by atoms with E-state index < -0.39 is 29.4 Å². The molecule has 0 atom stereocenters. The van der Waals surface area contributed by atoms with Crippen molar-refractivity contribution in [3.63, 3.8) is 0 Å². The van der Waals surface area contributed by atoms with Crippen LogP contribution in [0.2, 0.25) is 10.0 Å². The lowest BCUT2D eigenvalue weighted by Gasteiger charge is -2.16. The molecule has 0 aliphatic carbocycles. The molecule has 1 aromatic heterocycles. The minimum atomic E-state index is -5.14. The molecule has 29 heavy (non-hydrogen) atoms. The average molecular weight is 590 g/mol. The van der Waals surface area contributed by atoms with Crippen LogP contribution >= 0.6 is 55.1 Å². The highest BCUT2D eigenvalue weighted by Crippen LogP contribution is 2.42. The molecule has 3 nitrogen and oxygen atoms in total. The molecule has 1 heterocycles. The van der Waals surface area contributed by atoms with Crippen molar-refractivity contribution in [3.8, 4) is 17.4 Å². The van der Waals surface area contributed by atoms with Crippen molar-refractivity contribution in [1.82, 2.24) is 4.98 Å². The summed E-state index contributed by atoms with van der Waals surface area (Å²) in [7, 11) is 0. The fraction of sp³-hybridized carbons (Fsp3) is 0.188. The number of alkyl halides is 6. The highest BCUT2D eigenvalue weighted by atomic mass is 79.9. The molecule has 0 N–H and O–H groups in total. The predicted octanol–water partition coefficient (Wildman–Crippen LogP) is 8.23. The van der Waals surface area contributed by atoms with Crippen LogP contribution in [0.25, 0.3) is 0 Å². The maximum Gasteiger partial charge on any atom is 0.421 e. The molecular weight excluding hydrogens is 583 g/mol. The van der Waals surface area contributed by atoms with Crippen LogP contribution in [0.5, 0.6) is 17.4 Å². The number of halogens is 10. The molecule has 0 amide bonds. The van der Waals surface area contributed by atoms with Crippen molar-refractivity contribution < 1.29 is 35.8 Å². The topological polar surface area (TPSA) is 31.4 Å². The second-order valence-corrected chi connectivity index (χ2v) is 8.78. The first-order chi connectivity index (χ1) is 13.3. The van der Waals surface area contributed by atoms with Gasteiger partial charge in [-0.15, -0.1) is 0 Å². The van der Waals surface area contributed by atoms with Gasteiger partial charge in [-0.25, -0.2) is 4.98 Å². The Labute approximate surface area is 186 Å².